The van der Waals surface area contributed by atoms with E-state index < -0.39 is 23.3 Å². The summed E-state index contributed by atoms with van der Waals surface area (Å²) in [6, 6.07) is 11.5. The van der Waals surface area contributed by atoms with Crippen molar-refractivity contribution in [3.63, 3.8) is 0 Å². The Kier molecular flexibility index (Phi) is 5.13. The van der Waals surface area contributed by atoms with E-state index in [0.717, 1.165) is 22.4 Å². The fraction of sp³-hybridized carbons (Fsp3) is 0.379. The summed E-state index contributed by atoms with van der Waals surface area (Å²) in [5.74, 6) is -2.22. The molecule has 6 nitrogen and oxygen atoms in total. The van der Waals surface area contributed by atoms with Gasteiger partial charge in [-0.1, -0.05) is 38.5 Å². The summed E-state index contributed by atoms with van der Waals surface area (Å²) in [7, 11) is 0. The summed E-state index contributed by atoms with van der Waals surface area (Å²) in [5, 5.41) is 0. The van der Waals surface area contributed by atoms with Crippen LogP contribution in [-0.2, 0) is 14.4 Å². The largest absolute Gasteiger partial charge is 0.353 e. The van der Waals surface area contributed by atoms with Gasteiger partial charge in [-0.3, -0.25) is 19.2 Å². The smallest absolute Gasteiger partial charge is 0.240 e. The predicted molar refractivity (Wildman–Crippen MR) is 135 cm³/mol. The number of amides is 2. The number of rotatable bonds is 3. The predicted octanol–water partition coefficient (Wildman–Crippen LogP) is 4.59. The van der Waals surface area contributed by atoms with E-state index in [9.17, 15) is 19.2 Å². The Bertz CT molecular complexity index is 1320. The maximum atomic E-state index is 13.9. The lowest BCUT2D eigenvalue weighted by molar-refractivity contribution is -0.132. The van der Waals surface area contributed by atoms with Crippen molar-refractivity contribution < 1.29 is 19.2 Å². The van der Waals surface area contributed by atoms with Crippen LogP contribution in [0.5, 0.6) is 0 Å². The number of fused-ring (bicyclic) bond motifs is 5. The molecule has 2 aromatic carbocycles. The van der Waals surface area contributed by atoms with Crippen molar-refractivity contribution in [1.29, 1.82) is 0 Å². The molecule has 2 aromatic rings. The molecular formula is C29H30N2O4. The second-order valence-electron chi connectivity index (χ2n) is 11.0. The number of anilines is 2. The van der Waals surface area contributed by atoms with Gasteiger partial charge in [0.05, 0.1) is 23.6 Å². The van der Waals surface area contributed by atoms with Crippen molar-refractivity contribution in [2.45, 2.75) is 53.6 Å². The highest BCUT2D eigenvalue weighted by Crippen LogP contribution is 2.51. The van der Waals surface area contributed by atoms with Gasteiger partial charge in [0.2, 0.25) is 11.8 Å². The van der Waals surface area contributed by atoms with Crippen LogP contribution in [0.25, 0.3) is 5.57 Å². The number of ketones is 2. The van der Waals surface area contributed by atoms with Crippen molar-refractivity contribution in [2.75, 3.05) is 9.80 Å². The van der Waals surface area contributed by atoms with E-state index in [4.69, 9.17) is 0 Å². The number of hydrogen-bond donors (Lipinski definition) is 0. The van der Waals surface area contributed by atoms with Crippen molar-refractivity contribution in [3.05, 3.63) is 65.2 Å². The molecule has 3 aliphatic heterocycles. The van der Waals surface area contributed by atoms with Gasteiger partial charge in [-0.05, 0) is 62.7 Å². The minimum Gasteiger partial charge on any atom is -0.353 e. The topological polar surface area (TPSA) is 74.8 Å². The minimum absolute atomic E-state index is 0.0515. The maximum absolute atomic E-state index is 13.9. The van der Waals surface area contributed by atoms with E-state index in [1.807, 2.05) is 57.7 Å². The molecule has 6 heteroatoms. The summed E-state index contributed by atoms with van der Waals surface area (Å²) >= 11 is 0. The zero-order chi connectivity index (χ0) is 25.4. The Labute approximate surface area is 205 Å². The maximum Gasteiger partial charge on any atom is 0.240 e. The molecule has 2 fully saturated rings. The molecule has 2 saturated heterocycles. The number of carbonyl (C=O) groups excluding carboxylic acids is 4. The summed E-state index contributed by atoms with van der Waals surface area (Å²) in [6.45, 7) is 11.1. The van der Waals surface area contributed by atoms with E-state index in [0.29, 0.717) is 11.3 Å². The molecule has 35 heavy (non-hydrogen) atoms. The number of carbonyl (C=O) groups is 4. The van der Waals surface area contributed by atoms with Crippen molar-refractivity contribution >= 4 is 40.3 Å². The van der Waals surface area contributed by atoms with Crippen LogP contribution in [0.4, 0.5) is 11.4 Å². The monoisotopic (exact) mass is 470 g/mol. The lowest BCUT2D eigenvalue weighted by Gasteiger charge is -2.39. The number of Topliss-reactive ketones (excluding diaryl/α,β-unsaturated/α-hetero) is 2. The van der Waals surface area contributed by atoms with Gasteiger partial charge in [0.1, 0.15) is 6.04 Å². The van der Waals surface area contributed by atoms with Crippen LogP contribution in [0.2, 0.25) is 0 Å². The molecule has 0 N–H and O–H groups in total. The van der Waals surface area contributed by atoms with Gasteiger partial charge in [0.25, 0.3) is 0 Å². The Morgan fingerprint density at radius 3 is 2.11 bits per heavy atom. The minimum atomic E-state index is -0.775. The highest BCUT2D eigenvalue weighted by atomic mass is 16.2. The number of imide groups is 1. The lowest BCUT2D eigenvalue weighted by Crippen LogP contribution is -2.51. The van der Waals surface area contributed by atoms with Crippen LogP contribution in [0, 0.1) is 24.2 Å². The summed E-state index contributed by atoms with van der Waals surface area (Å²) in [5.41, 5.74) is 4.33. The number of aryl methyl sites for hydroxylation is 1. The molecule has 180 valence electrons. The molecule has 5 rings (SSSR count). The zero-order valence-corrected chi connectivity index (χ0v) is 21.0. The second kappa shape index (κ2) is 7.74. The first-order valence-electron chi connectivity index (χ1n) is 12.0. The Morgan fingerprint density at radius 2 is 1.51 bits per heavy atom. The third-order valence-electron chi connectivity index (χ3n) is 7.54. The van der Waals surface area contributed by atoms with Gasteiger partial charge in [-0.25, -0.2) is 4.90 Å². The molecule has 0 spiro atoms. The van der Waals surface area contributed by atoms with Crippen LogP contribution in [0.1, 0.15) is 56.1 Å². The third kappa shape index (κ3) is 3.38. The van der Waals surface area contributed by atoms with Gasteiger partial charge in [0.15, 0.2) is 11.6 Å². The summed E-state index contributed by atoms with van der Waals surface area (Å²) < 4.78 is 0. The highest BCUT2D eigenvalue weighted by molar-refractivity contribution is 6.25. The fourth-order valence-corrected chi connectivity index (χ4v) is 5.80. The van der Waals surface area contributed by atoms with Gasteiger partial charge in [0, 0.05) is 22.2 Å². The molecule has 0 radical (unpaired) electrons. The van der Waals surface area contributed by atoms with Crippen molar-refractivity contribution in [1.82, 2.24) is 0 Å². The van der Waals surface area contributed by atoms with Crippen LogP contribution < -0.4 is 9.80 Å². The summed E-state index contributed by atoms with van der Waals surface area (Å²) in [4.78, 5) is 56.5. The average molecular weight is 471 g/mol. The SMILES string of the molecule is CC(=O)c1ccc(N2C(=O)[C@@H]3[C@H](C2=O)[C@@H](C(=O)C(C)(C)C)N2c4ccc(C)cc4C(C)=C[C@@H]32)cc1. The molecule has 3 aliphatic rings. The van der Waals surface area contributed by atoms with Crippen molar-refractivity contribution in [3.8, 4) is 0 Å². The lowest BCUT2D eigenvalue weighted by atomic mass is 9.79. The second-order valence-corrected chi connectivity index (χ2v) is 11.0. The average Bonchev–Trinajstić information content (AvgIpc) is 3.25. The normalized spacial score (nSPS) is 25.3. The fourth-order valence-electron chi connectivity index (χ4n) is 5.80. The number of allylic oxidation sites excluding steroid dienone is 1. The molecule has 4 atom stereocenters. The Hall–Kier alpha value is -3.54. The van der Waals surface area contributed by atoms with Crippen LogP contribution in [-0.4, -0.2) is 35.5 Å². The molecule has 0 bridgehead atoms. The molecule has 0 aromatic heterocycles. The zero-order valence-electron chi connectivity index (χ0n) is 21.0. The van der Waals surface area contributed by atoms with E-state index in [1.54, 1.807) is 24.3 Å². The van der Waals surface area contributed by atoms with E-state index in [-0.39, 0.29) is 29.4 Å². The molecular weight excluding hydrogens is 440 g/mol. The quantitative estimate of drug-likeness (QED) is 0.484. The molecule has 0 saturated carbocycles. The van der Waals surface area contributed by atoms with Gasteiger partial charge < -0.3 is 4.90 Å². The first-order valence-corrected chi connectivity index (χ1v) is 12.0. The molecule has 2 amide bonds. The number of nitrogens with zero attached hydrogens (tertiary/aromatic N) is 2. The number of hydrogen-bond acceptors (Lipinski definition) is 5. The van der Waals surface area contributed by atoms with Crippen LogP contribution >= 0.6 is 0 Å². The third-order valence-corrected chi connectivity index (χ3v) is 7.54. The summed E-state index contributed by atoms with van der Waals surface area (Å²) in [6.07, 6.45) is 2.04. The van der Waals surface area contributed by atoms with Gasteiger partial charge in [-0.15, -0.1) is 0 Å². The van der Waals surface area contributed by atoms with Crippen LogP contribution in [0.15, 0.2) is 48.5 Å². The van der Waals surface area contributed by atoms with Gasteiger partial charge >= 0.3 is 0 Å². The van der Waals surface area contributed by atoms with Crippen molar-refractivity contribution in [2.24, 2.45) is 17.3 Å². The molecule has 0 aliphatic carbocycles. The first-order chi connectivity index (χ1) is 16.4. The van der Waals surface area contributed by atoms with E-state index in [1.165, 1.54) is 11.8 Å². The standard InChI is InChI=1S/C29H30N2O4/c1-15-7-12-21-20(13-15)16(2)14-22-23-24(25(31(21)22)26(33)29(4,5)6)28(35)30(27(23)34)19-10-8-18(9-11-19)17(3)32/h7-14,22-25H,1-6H3/t22-,23-,24-,25-/m0/s1. The van der Waals surface area contributed by atoms with E-state index in [2.05, 4.69) is 6.07 Å². The number of benzene rings is 2. The van der Waals surface area contributed by atoms with Crippen LogP contribution in [0.3, 0.4) is 0 Å². The highest BCUT2D eigenvalue weighted by Gasteiger charge is 2.65. The van der Waals surface area contributed by atoms with Gasteiger partial charge in [-0.2, -0.15) is 0 Å². The Balaban J connectivity index is 1.65. The molecule has 0 unspecified atom stereocenters. The first kappa shape index (κ1) is 23.2. The Morgan fingerprint density at radius 1 is 0.886 bits per heavy atom. The molecule has 3 heterocycles. The van der Waals surface area contributed by atoms with E-state index >= 15 is 0 Å².